The molecule has 0 bridgehead atoms. The number of aryl methyl sites for hydroxylation is 1. The number of hydrogen-bond donors (Lipinski definition) is 1. The molecule has 0 aliphatic rings. The molecule has 0 atom stereocenters. The zero-order chi connectivity index (χ0) is 12.6. The van der Waals surface area contributed by atoms with Crippen molar-refractivity contribution in [3.63, 3.8) is 0 Å². The third kappa shape index (κ3) is 2.65. The summed E-state index contributed by atoms with van der Waals surface area (Å²) in [5.74, 6) is 1.06. The minimum absolute atomic E-state index is 0.451. The lowest BCUT2D eigenvalue weighted by molar-refractivity contribution is 0.998. The van der Waals surface area contributed by atoms with E-state index in [0.29, 0.717) is 16.0 Å². The molecule has 17 heavy (non-hydrogen) atoms. The molecule has 7 heteroatoms. The smallest absolute Gasteiger partial charge is 0.172 e. The van der Waals surface area contributed by atoms with E-state index in [1.807, 2.05) is 13.0 Å². The largest absolute Gasteiger partial charge is 0.383 e. The number of nitrogens with zero attached hydrogens (tertiary/aromatic N) is 2. The van der Waals surface area contributed by atoms with Crippen molar-refractivity contribution in [3.05, 3.63) is 25.0 Å². The molecule has 0 aromatic carbocycles. The monoisotopic (exact) mass is 395 g/mol. The number of nitrogen functional groups attached to an aromatic ring is 1. The number of aromatic nitrogens is 2. The maximum atomic E-state index is 6.00. The predicted octanol–water partition coefficient (Wildman–Crippen LogP) is 4.53. The van der Waals surface area contributed by atoms with E-state index in [-0.39, 0.29) is 0 Å². The normalized spacial score (nSPS) is 10.8. The minimum Gasteiger partial charge on any atom is -0.383 e. The van der Waals surface area contributed by atoms with Crippen LogP contribution < -0.4 is 5.73 Å². The van der Waals surface area contributed by atoms with E-state index in [2.05, 4.69) is 41.8 Å². The molecule has 0 saturated heterocycles. The van der Waals surface area contributed by atoms with Crippen molar-refractivity contribution >= 4 is 60.6 Å². The second-order valence-electron chi connectivity index (χ2n) is 3.28. The molecule has 2 aromatic heterocycles. The Bertz CT molecular complexity index is 551. The Kier molecular flexibility index (Phi) is 4.07. The van der Waals surface area contributed by atoms with Gasteiger partial charge in [-0.2, -0.15) is 0 Å². The fraction of sp³-hybridized carbons (Fsp3) is 0.200. The van der Waals surface area contributed by atoms with Gasteiger partial charge in [0.05, 0.1) is 15.0 Å². The number of halogens is 3. The number of anilines is 1. The maximum absolute atomic E-state index is 6.00. The van der Waals surface area contributed by atoms with E-state index in [4.69, 9.17) is 17.3 Å². The Morgan fingerprint density at radius 3 is 2.65 bits per heavy atom. The second kappa shape index (κ2) is 5.22. The van der Waals surface area contributed by atoms with Crippen LogP contribution in [0.5, 0.6) is 0 Å². The number of hydrogen-bond acceptors (Lipinski definition) is 4. The summed E-state index contributed by atoms with van der Waals surface area (Å²) in [6.07, 6.45) is 0.792. The predicted molar refractivity (Wildman–Crippen MR) is 79.5 cm³/mol. The van der Waals surface area contributed by atoms with E-state index >= 15 is 0 Å². The molecular weight excluding hydrogens is 389 g/mol. The molecule has 0 amide bonds. The molecule has 0 spiro atoms. The van der Waals surface area contributed by atoms with E-state index in [1.54, 1.807) is 0 Å². The highest BCUT2D eigenvalue weighted by atomic mass is 79.9. The van der Waals surface area contributed by atoms with Crippen molar-refractivity contribution in [1.29, 1.82) is 0 Å². The minimum atomic E-state index is 0.451. The first kappa shape index (κ1) is 13.3. The quantitative estimate of drug-likeness (QED) is 0.810. The van der Waals surface area contributed by atoms with Gasteiger partial charge in [-0.05, 0) is 44.3 Å². The van der Waals surface area contributed by atoms with Gasteiger partial charge in [-0.3, -0.25) is 0 Å². The number of thiophene rings is 1. The van der Waals surface area contributed by atoms with Crippen LogP contribution in [0.1, 0.15) is 12.6 Å². The maximum Gasteiger partial charge on any atom is 0.172 e. The lowest BCUT2D eigenvalue weighted by Gasteiger charge is -2.05. The highest BCUT2D eigenvalue weighted by molar-refractivity contribution is 9.11. The lowest BCUT2D eigenvalue weighted by atomic mass is 10.3. The van der Waals surface area contributed by atoms with Gasteiger partial charge in [0.25, 0.3) is 0 Å². The van der Waals surface area contributed by atoms with Crippen LogP contribution in [0, 0.1) is 0 Å². The van der Waals surface area contributed by atoms with Crippen LogP contribution >= 0.6 is 54.8 Å². The molecule has 0 saturated carbocycles. The van der Waals surface area contributed by atoms with Crippen LogP contribution in [0.2, 0.25) is 4.34 Å². The van der Waals surface area contributed by atoms with Crippen LogP contribution in [0.4, 0.5) is 5.82 Å². The molecule has 0 unspecified atom stereocenters. The molecule has 0 aliphatic carbocycles. The zero-order valence-corrected chi connectivity index (χ0v) is 13.5. The topological polar surface area (TPSA) is 51.8 Å². The van der Waals surface area contributed by atoms with Gasteiger partial charge in [-0.1, -0.05) is 18.5 Å². The molecule has 2 N–H and O–H groups in total. The summed E-state index contributed by atoms with van der Waals surface area (Å²) in [4.78, 5) is 9.62. The second-order valence-corrected chi connectivity index (χ2v) is 6.58. The SMILES string of the molecule is CCc1nc(-c2cc(Br)c(Cl)s2)nc(N)c1Br. The Labute approximate surface area is 125 Å². The number of rotatable bonds is 2. The fourth-order valence-electron chi connectivity index (χ4n) is 1.31. The molecule has 2 heterocycles. The lowest BCUT2D eigenvalue weighted by Crippen LogP contribution is -2.01. The van der Waals surface area contributed by atoms with Crippen molar-refractivity contribution in [2.75, 3.05) is 5.73 Å². The van der Waals surface area contributed by atoms with Crippen LogP contribution in [0.15, 0.2) is 15.0 Å². The van der Waals surface area contributed by atoms with Gasteiger partial charge < -0.3 is 5.73 Å². The first-order valence-electron chi connectivity index (χ1n) is 4.80. The standard InChI is InChI=1S/C10H8Br2ClN3S/c1-2-5-7(12)9(14)16-10(15-5)6-3-4(11)8(13)17-6/h3H,2H2,1H3,(H2,14,15,16). The molecule has 2 aromatic rings. The van der Waals surface area contributed by atoms with Crippen molar-refractivity contribution in [2.45, 2.75) is 13.3 Å². The first-order valence-corrected chi connectivity index (χ1v) is 7.58. The van der Waals surface area contributed by atoms with E-state index in [1.165, 1.54) is 11.3 Å². The van der Waals surface area contributed by atoms with E-state index in [9.17, 15) is 0 Å². The summed E-state index contributed by atoms with van der Waals surface area (Å²) in [6.45, 7) is 2.02. The van der Waals surface area contributed by atoms with Crippen LogP contribution in [0.3, 0.4) is 0 Å². The van der Waals surface area contributed by atoms with Crippen molar-refractivity contribution < 1.29 is 0 Å². The number of nitrogens with two attached hydrogens (primary N) is 1. The van der Waals surface area contributed by atoms with Gasteiger partial charge >= 0.3 is 0 Å². The summed E-state index contributed by atoms with van der Waals surface area (Å²) in [7, 11) is 0. The van der Waals surface area contributed by atoms with Crippen LogP contribution in [-0.2, 0) is 6.42 Å². The molecule has 0 aliphatic heterocycles. The molecular formula is C10H8Br2ClN3S. The average Bonchev–Trinajstić information content (AvgIpc) is 2.63. The highest BCUT2D eigenvalue weighted by Gasteiger charge is 2.13. The average molecular weight is 398 g/mol. The Hall–Kier alpha value is -0.170. The summed E-state index contributed by atoms with van der Waals surface area (Å²) in [6, 6.07) is 1.90. The van der Waals surface area contributed by atoms with Gasteiger partial charge in [0, 0.05) is 4.47 Å². The van der Waals surface area contributed by atoms with Crippen molar-refractivity contribution in [3.8, 4) is 10.7 Å². The molecule has 90 valence electrons. The summed E-state index contributed by atoms with van der Waals surface area (Å²) in [5, 5.41) is 0. The van der Waals surface area contributed by atoms with Crippen LogP contribution in [-0.4, -0.2) is 9.97 Å². The molecule has 0 fully saturated rings. The summed E-state index contributed by atoms with van der Waals surface area (Å²) < 4.78 is 2.30. The van der Waals surface area contributed by atoms with Crippen LogP contribution in [0.25, 0.3) is 10.7 Å². The molecule has 3 nitrogen and oxygen atoms in total. The highest BCUT2D eigenvalue weighted by Crippen LogP contribution is 2.37. The Balaban J connectivity index is 2.56. The van der Waals surface area contributed by atoms with Crippen molar-refractivity contribution in [2.24, 2.45) is 0 Å². The van der Waals surface area contributed by atoms with Gasteiger partial charge in [-0.15, -0.1) is 11.3 Å². The molecule has 0 radical (unpaired) electrons. The summed E-state index contributed by atoms with van der Waals surface area (Å²) >= 11 is 14.2. The summed E-state index contributed by atoms with van der Waals surface area (Å²) in [5.41, 5.74) is 6.74. The van der Waals surface area contributed by atoms with Gasteiger partial charge in [0.2, 0.25) is 0 Å². The third-order valence-electron chi connectivity index (χ3n) is 2.15. The Morgan fingerprint density at radius 1 is 1.41 bits per heavy atom. The zero-order valence-electron chi connectivity index (χ0n) is 8.80. The third-order valence-corrected chi connectivity index (χ3v) is 5.48. The van der Waals surface area contributed by atoms with Gasteiger partial charge in [0.1, 0.15) is 10.2 Å². The Morgan fingerprint density at radius 2 is 2.12 bits per heavy atom. The van der Waals surface area contributed by atoms with E-state index in [0.717, 1.165) is 25.9 Å². The van der Waals surface area contributed by atoms with Crippen molar-refractivity contribution in [1.82, 2.24) is 9.97 Å². The van der Waals surface area contributed by atoms with Gasteiger partial charge in [-0.25, -0.2) is 9.97 Å². The fourth-order valence-corrected chi connectivity index (χ4v) is 3.41. The first-order chi connectivity index (χ1) is 8.02. The molecule has 2 rings (SSSR count). The van der Waals surface area contributed by atoms with Gasteiger partial charge in [0.15, 0.2) is 5.82 Å². The van der Waals surface area contributed by atoms with E-state index < -0.39 is 0 Å².